The molecular weight excluding hydrogens is 233 g/mol. The second-order valence-electron chi connectivity index (χ2n) is 3.72. The molecule has 0 amide bonds. The van der Waals surface area contributed by atoms with Gasteiger partial charge in [0.25, 0.3) is 0 Å². The van der Waals surface area contributed by atoms with Crippen molar-refractivity contribution in [1.82, 2.24) is 4.98 Å². The van der Waals surface area contributed by atoms with Crippen molar-refractivity contribution < 1.29 is 18.3 Å². The van der Waals surface area contributed by atoms with Crippen LogP contribution in [0.2, 0.25) is 0 Å². The molecule has 0 fully saturated rings. The summed E-state index contributed by atoms with van der Waals surface area (Å²) >= 11 is 0. The molecule has 0 aliphatic heterocycles. The van der Waals surface area contributed by atoms with Crippen molar-refractivity contribution in [3.05, 3.63) is 23.9 Å². The van der Waals surface area contributed by atoms with E-state index in [4.69, 9.17) is 0 Å². The zero-order chi connectivity index (χ0) is 13.1. The van der Waals surface area contributed by atoms with Crippen LogP contribution in [0.4, 0.5) is 19.0 Å². The number of anilines is 1. The second-order valence-corrected chi connectivity index (χ2v) is 3.72. The SMILES string of the molecule is CCN(CC(F)(F)F)c1ncccc1[C@H](C)O. The van der Waals surface area contributed by atoms with Gasteiger partial charge in [0, 0.05) is 18.3 Å². The Labute approximate surface area is 97.9 Å². The van der Waals surface area contributed by atoms with E-state index >= 15 is 0 Å². The molecule has 0 aliphatic rings. The van der Waals surface area contributed by atoms with Gasteiger partial charge in [-0.3, -0.25) is 0 Å². The van der Waals surface area contributed by atoms with Gasteiger partial charge in [-0.15, -0.1) is 0 Å². The minimum absolute atomic E-state index is 0.177. The Morgan fingerprint density at radius 3 is 2.59 bits per heavy atom. The van der Waals surface area contributed by atoms with Gasteiger partial charge in [-0.05, 0) is 19.9 Å². The van der Waals surface area contributed by atoms with Crippen molar-refractivity contribution in [2.24, 2.45) is 0 Å². The minimum Gasteiger partial charge on any atom is -0.389 e. The summed E-state index contributed by atoms with van der Waals surface area (Å²) in [6, 6.07) is 3.17. The van der Waals surface area contributed by atoms with Gasteiger partial charge in [0.1, 0.15) is 12.4 Å². The molecule has 0 radical (unpaired) electrons. The molecule has 0 bridgehead atoms. The predicted octanol–water partition coefficient (Wildman–Crippen LogP) is 2.52. The third-order valence-electron chi connectivity index (χ3n) is 2.32. The van der Waals surface area contributed by atoms with E-state index in [1.165, 1.54) is 13.1 Å². The lowest BCUT2D eigenvalue weighted by atomic mass is 10.1. The fourth-order valence-electron chi connectivity index (χ4n) is 1.55. The first-order valence-corrected chi connectivity index (χ1v) is 5.30. The second kappa shape index (κ2) is 5.35. The number of nitrogens with zero attached hydrogens (tertiary/aromatic N) is 2. The Bertz CT molecular complexity index is 366. The van der Waals surface area contributed by atoms with Crippen LogP contribution in [0.5, 0.6) is 0 Å². The number of aliphatic hydroxyl groups is 1. The highest BCUT2D eigenvalue weighted by atomic mass is 19.4. The average Bonchev–Trinajstić information content (AvgIpc) is 2.24. The van der Waals surface area contributed by atoms with Crippen LogP contribution in [0, 0.1) is 0 Å². The number of hydrogen-bond acceptors (Lipinski definition) is 3. The fourth-order valence-corrected chi connectivity index (χ4v) is 1.55. The topological polar surface area (TPSA) is 36.4 Å². The maximum Gasteiger partial charge on any atom is 0.405 e. The van der Waals surface area contributed by atoms with Gasteiger partial charge >= 0.3 is 6.18 Å². The number of halogens is 3. The molecule has 0 unspecified atom stereocenters. The molecule has 17 heavy (non-hydrogen) atoms. The van der Waals surface area contributed by atoms with E-state index in [1.807, 2.05) is 0 Å². The van der Waals surface area contributed by atoms with Crippen LogP contribution in [0.25, 0.3) is 0 Å². The summed E-state index contributed by atoms with van der Waals surface area (Å²) in [6.07, 6.45) is -3.72. The fraction of sp³-hybridized carbons (Fsp3) is 0.545. The van der Waals surface area contributed by atoms with E-state index in [-0.39, 0.29) is 12.4 Å². The van der Waals surface area contributed by atoms with Gasteiger partial charge in [0.2, 0.25) is 0 Å². The minimum atomic E-state index is -4.29. The largest absolute Gasteiger partial charge is 0.405 e. The van der Waals surface area contributed by atoms with Crippen molar-refractivity contribution in [1.29, 1.82) is 0 Å². The van der Waals surface area contributed by atoms with E-state index in [9.17, 15) is 18.3 Å². The van der Waals surface area contributed by atoms with Crippen LogP contribution in [-0.2, 0) is 0 Å². The number of pyridine rings is 1. The molecule has 1 rings (SSSR count). The number of rotatable bonds is 4. The molecule has 0 aromatic carbocycles. The molecule has 1 aromatic rings. The van der Waals surface area contributed by atoms with Crippen molar-refractivity contribution in [3.8, 4) is 0 Å². The van der Waals surface area contributed by atoms with Crippen LogP contribution in [0.1, 0.15) is 25.5 Å². The quantitative estimate of drug-likeness (QED) is 0.889. The highest BCUT2D eigenvalue weighted by Crippen LogP contribution is 2.26. The molecule has 0 saturated carbocycles. The summed E-state index contributed by atoms with van der Waals surface area (Å²) in [6.45, 7) is 2.23. The monoisotopic (exact) mass is 248 g/mol. The smallest absolute Gasteiger partial charge is 0.389 e. The zero-order valence-electron chi connectivity index (χ0n) is 9.70. The van der Waals surface area contributed by atoms with Gasteiger partial charge in [0.05, 0.1) is 6.10 Å². The van der Waals surface area contributed by atoms with Crippen LogP contribution < -0.4 is 4.90 Å². The van der Waals surface area contributed by atoms with E-state index in [0.29, 0.717) is 5.56 Å². The third kappa shape index (κ3) is 3.89. The predicted molar refractivity (Wildman–Crippen MR) is 58.8 cm³/mol. The third-order valence-corrected chi connectivity index (χ3v) is 2.32. The van der Waals surface area contributed by atoms with Crippen LogP contribution >= 0.6 is 0 Å². The molecule has 1 aromatic heterocycles. The maximum atomic E-state index is 12.4. The standard InChI is InChI=1S/C11H15F3N2O/c1-3-16(7-11(12,13)14)10-9(8(2)17)5-4-6-15-10/h4-6,8,17H,3,7H2,1-2H3/t8-/m0/s1. The first-order valence-electron chi connectivity index (χ1n) is 5.30. The lowest BCUT2D eigenvalue weighted by Gasteiger charge is -2.26. The van der Waals surface area contributed by atoms with Crippen molar-refractivity contribution in [3.63, 3.8) is 0 Å². The van der Waals surface area contributed by atoms with Gasteiger partial charge < -0.3 is 10.0 Å². The Balaban J connectivity index is 3.03. The lowest BCUT2D eigenvalue weighted by Crippen LogP contribution is -2.35. The van der Waals surface area contributed by atoms with E-state index in [1.54, 1.807) is 19.1 Å². The average molecular weight is 248 g/mol. The van der Waals surface area contributed by atoms with E-state index < -0.39 is 18.8 Å². The molecule has 6 heteroatoms. The molecule has 3 nitrogen and oxygen atoms in total. The highest BCUT2D eigenvalue weighted by Gasteiger charge is 2.31. The van der Waals surface area contributed by atoms with E-state index in [0.717, 1.165) is 4.90 Å². The summed E-state index contributed by atoms with van der Waals surface area (Å²) in [5.74, 6) is 0.183. The van der Waals surface area contributed by atoms with Crippen LogP contribution in [-0.4, -0.2) is 29.4 Å². The first kappa shape index (κ1) is 13.8. The maximum absolute atomic E-state index is 12.4. The summed E-state index contributed by atoms with van der Waals surface area (Å²) in [4.78, 5) is 5.02. The number of hydrogen-bond donors (Lipinski definition) is 1. The highest BCUT2D eigenvalue weighted by molar-refractivity contribution is 5.47. The number of alkyl halides is 3. The lowest BCUT2D eigenvalue weighted by molar-refractivity contribution is -0.119. The molecule has 1 heterocycles. The van der Waals surface area contributed by atoms with Crippen LogP contribution in [0.15, 0.2) is 18.3 Å². The van der Waals surface area contributed by atoms with Crippen LogP contribution in [0.3, 0.4) is 0 Å². The number of aliphatic hydroxyl groups excluding tert-OH is 1. The summed E-state index contributed by atoms with van der Waals surface area (Å²) in [5, 5.41) is 9.50. The van der Waals surface area contributed by atoms with Crippen molar-refractivity contribution >= 4 is 5.82 Å². The Morgan fingerprint density at radius 1 is 1.47 bits per heavy atom. The van der Waals surface area contributed by atoms with Gasteiger partial charge in [-0.25, -0.2) is 4.98 Å². The summed E-state index contributed by atoms with van der Waals surface area (Å²) in [5.41, 5.74) is 0.401. The normalized spacial score (nSPS) is 13.5. The van der Waals surface area contributed by atoms with Gasteiger partial charge in [-0.2, -0.15) is 13.2 Å². The molecule has 96 valence electrons. The van der Waals surface area contributed by atoms with Crippen molar-refractivity contribution in [2.75, 3.05) is 18.0 Å². The zero-order valence-corrected chi connectivity index (χ0v) is 9.70. The molecule has 0 spiro atoms. The molecule has 0 aliphatic carbocycles. The molecular formula is C11H15F3N2O. The van der Waals surface area contributed by atoms with E-state index in [2.05, 4.69) is 4.98 Å². The van der Waals surface area contributed by atoms with Crippen molar-refractivity contribution in [2.45, 2.75) is 26.1 Å². The Hall–Kier alpha value is -1.30. The van der Waals surface area contributed by atoms with Gasteiger partial charge in [0.15, 0.2) is 0 Å². The van der Waals surface area contributed by atoms with Gasteiger partial charge in [-0.1, -0.05) is 6.07 Å². The molecule has 1 atom stereocenters. The molecule has 1 N–H and O–H groups in total. The Kier molecular flexibility index (Phi) is 4.34. The summed E-state index contributed by atoms with van der Waals surface area (Å²) < 4.78 is 37.1. The Morgan fingerprint density at radius 2 is 2.12 bits per heavy atom. The number of aromatic nitrogens is 1. The summed E-state index contributed by atoms with van der Waals surface area (Å²) in [7, 11) is 0. The molecule has 0 saturated heterocycles. The first-order chi connectivity index (χ1) is 7.85.